The smallest absolute Gasteiger partial charge is 0.163 e. The summed E-state index contributed by atoms with van der Waals surface area (Å²) in [4.78, 5) is 0. The van der Waals surface area contributed by atoms with Crippen LogP contribution < -0.4 is 10.1 Å². The maximum absolute atomic E-state index is 10.2. The Morgan fingerprint density at radius 2 is 2.12 bits per heavy atom. The van der Waals surface area contributed by atoms with E-state index in [0.29, 0.717) is 11.5 Å². The fourth-order valence-corrected chi connectivity index (χ4v) is 2.59. The second kappa shape index (κ2) is 4.34. The highest BCUT2D eigenvalue weighted by Crippen LogP contribution is 2.41. The first-order valence-electron chi connectivity index (χ1n) is 5.75. The third-order valence-corrected chi connectivity index (χ3v) is 3.30. The minimum atomic E-state index is 0.273. The Bertz CT molecular complexity index is 395. The van der Waals surface area contributed by atoms with Gasteiger partial charge in [0.05, 0.1) is 7.11 Å². The van der Waals surface area contributed by atoms with Crippen molar-refractivity contribution in [3.63, 3.8) is 0 Å². The zero-order valence-electron chi connectivity index (χ0n) is 10.1. The van der Waals surface area contributed by atoms with E-state index in [4.69, 9.17) is 4.74 Å². The van der Waals surface area contributed by atoms with Crippen LogP contribution in [0, 0.1) is 13.8 Å². The summed E-state index contributed by atoms with van der Waals surface area (Å²) >= 11 is 0. The summed E-state index contributed by atoms with van der Waals surface area (Å²) in [6, 6.07) is 2.35. The van der Waals surface area contributed by atoms with Gasteiger partial charge in [0.2, 0.25) is 0 Å². The molecule has 1 aliphatic rings. The molecule has 1 atom stereocenters. The molecule has 1 saturated heterocycles. The van der Waals surface area contributed by atoms with Crippen LogP contribution in [-0.4, -0.2) is 18.8 Å². The van der Waals surface area contributed by atoms with Gasteiger partial charge in [-0.25, -0.2) is 0 Å². The second-order valence-corrected chi connectivity index (χ2v) is 4.45. The lowest BCUT2D eigenvalue weighted by Crippen LogP contribution is -2.14. The zero-order valence-corrected chi connectivity index (χ0v) is 10.1. The third-order valence-electron chi connectivity index (χ3n) is 3.30. The zero-order chi connectivity index (χ0) is 11.7. The van der Waals surface area contributed by atoms with Gasteiger partial charge in [0.25, 0.3) is 0 Å². The number of benzene rings is 1. The van der Waals surface area contributed by atoms with Crippen LogP contribution >= 0.6 is 0 Å². The van der Waals surface area contributed by atoms with Crippen molar-refractivity contribution in [3.05, 3.63) is 22.8 Å². The largest absolute Gasteiger partial charge is 0.504 e. The van der Waals surface area contributed by atoms with E-state index in [2.05, 4.69) is 11.4 Å². The Morgan fingerprint density at radius 3 is 2.69 bits per heavy atom. The number of ether oxygens (including phenoxy) is 1. The summed E-state index contributed by atoms with van der Waals surface area (Å²) in [7, 11) is 1.60. The van der Waals surface area contributed by atoms with E-state index in [9.17, 15) is 5.11 Å². The Morgan fingerprint density at radius 1 is 1.38 bits per heavy atom. The molecule has 1 aromatic carbocycles. The van der Waals surface area contributed by atoms with Crippen molar-refractivity contribution in [2.45, 2.75) is 32.7 Å². The van der Waals surface area contributed by atoms with Crippen molar-refractivity contribution >= 4 is 0 Å². The standard InChI is InChI=1S/C13H19NO2/c1-8-7-9(2)13(16-3)12(15)11(8)10-5-4-6-14-10/h7,10,14-15H,4-6H2,1-3H3. The number of hydrogen-bond acceptors (Lipinski definition) is 3. The molecule has 0 saturated carbocycles. The number of phenolic OH excluding ortho intramolecular Hbond substituents is 1. The Kier molecular flexibility index (Phi) is 3.06. The van der Waals surface area contributed by atoms with E-state index in [1.807, 2.05) is 13.8 Å². The molecule has 0 aromatic heterocycles. The maximum atomic E-state index is 10.2. The summed E-state index contributed by atoms with van der Waals surface area (Å²) in [5.74, 6) is 0.911. The molecule has 0 radical (unpaired) electrons. The van der Waals surface area contributed by atoms with Gasteiger partial charge in [0, 0.05) is 11.6 Å². The number of aryl methyl sites for hydroxylation is 2. The van der Waals surface area contributed by atoms with Gasteiger partial charge in [0.1, 0.15) is 0 Å². The lowest BCUT2D eigenvalue weighted by Gasteiger charge is -2.19. The normalized spacial score (nSPS) is 20.1. The van der Waals surface area contributed by atoms with E-state index in [1.54, 1.807) is 7.11 Å². The first-order valence-corrected chi connectivity index (χ1v) is 5.75. The summed E-state index contributed by atoms with van der Waals surface area (Å²) in [6.45, 7) is 5.03. The van der Waals surface area contributed by atoms with Gasteiger partial charge in [0.15, 0.2) is 11.5 Å². The van der Waals surface area contributed by atoms with Crippen molar-refractivity contribution in [1.29, 1.82) is 0 Å². The first kappa shape index (κ1) is 11.3. The molecule has 0 aliphatic carbocycles. The molecule has 2 N–H and O–H groups in total. The lowest BCUT2D eigenvalue weighted by molar-refractivity contribution is 0.364. The molecule has 1 unspecified atom stereocenters. The van der Waals surface area contributed by atoms with Crippen molar-refractivity contribution < 1.29 is 9.84 Å². The van der Waals surface area contributed by atoms with Crippen molar-refractivity contribution in [3.8, 4) is 11.5 Å². The molecule has 0 spiro atoms. The molecule has 3 nitrogen and oxygen atoms in total. The van der Waals surface area contributed by atoms with Crippen LogP contribution in [0.4, 0.5) is 0 Å². The van der Waals surface area contributed by atoms with E-state index < -0.39 is 0 Å². The minimum Gasteiger partial charge on any atom is -0.504 e. The highest BCUT2D eigenvalue weighted by atomic mass is 16.5. The van der Waals surface area contributed by atoms with Gasteiger partial charge >= 0.3 is 0 Å². The molecule has 3 heteroatoms. The predicted molar refractivity (Wildman–Crippen MR) is 64.1 cm³/mol. The van der Waals surface area contributed by atoms with Gasteiger partial charge in [-0.2, -0.15) is 0 Å². The van der Waals surface area contributed by atoms with Gasteiger partial charge < -0.3 is 15.2 Å². The summed E-state index contributed by atoms with van der Waals surface area (Å²) in [6.07, 6.45) is 2.25. The number of methoxy groups -OCH3 is 1. The van der Waals surface area contributed by atoms with Crippen LogP contribution in [0.5, 0.6) is 11.5 Å². The summed E-state index contributed by atoms with van der Waals surface area (Å²) in [5, 5.41) is 13.7. The van der Waals surface area contributed by atoms with E-state index in [1.165, 1.54) is 6.42 Å². The highest BCUT2D eigenvalue weighted by Gasteiger charge is 2.24. The summed E-state index contributed by atoms with van der Waals surface area (Å²) in [5.41, 5.74) is 3.12. The summed E-state index contributed by atoms with van der Waals surface area (Å²) < 4.78 is 5.25. The topological polar surface area (TPSA) is 41.5 Å². The number of hydrogen-bond donors (Lipinski definition) is 2. The number of aromatic hydroxyl groups is 1. The van der Waals surface area contributed by atoms with E-state index in [-0.39, 0.29) is 6.04 Å². The van der Waals surface area contributed by atoms with Crippen LogP contribution in [0.3, 0.4) is 0 Å². The Balaban J connectivity index is 2.50. The molecule has 16 heavy (non-hydrogen) atoms. The Hall–Kier alpha value is -1.22. The minimum absolute atomic E-state index is 0.273. The second-order valence-electron chi connectivity index (χ2n) is 4.45. The fourth-order valence-electron chi connectivity index (χ4n) is 2.59. The molecule has 1 aliphatic heterocycles. The quantitative estimate of drug-likeness (QED) is 0.806. The average molecular weight is 221 g/mol. The van der Waals surface area contributed by atoms with Crippen LogP contribution in [0.25, 0.3) is 0 Å². The number of phenols is 1. The van der Waals surface area contributed by atoms with Crippen LogP contribution in [0.1, 0.15) is 35.6 Å². The van der Waals surface area contributed by atoms with Gasteiger partial charge in [-0.05, 0) is 44.4 Å². The van der Waals surface area contributed by atoms with Crippen molar-refractivity contribution in [1.82, 2.24) is 5.32 Å². The van der Waals surface area contributed by atoms with Gasteiger partial charge in [-0.3, -0.25) is 0 Å². The van der Waals surface area contributed by atoms with Gasteiger partial charge in [-0.1, -0.05) is 6.07 Å². The number of rotatable bonds is 2. The average Bonchev–Trinajstić information content (AvgIpc) is 2.70. The molecular formula is C13H19NO2. The highest BCUT2D eigenvalue weighted by molar-refractivity contribution is 5.55. The monoisotopic (exact) mass is 221 g/mol. The third kappa shape index (κ3) is 1.76. The first-order chi connectivity index (χ1) is 7.65. The van der Waals surface area contributed by atoms with Gasteiger partial charge in [-0.15, -0.1) is 0 Å². The van der Waals surface area contributed by atoms with E-state index >= 15 is 0 Å². The van der Waals surface area contributed by atoms with E-state index in [0.717, 1.165) is 29.7 Å². The molecule has 1 fully saturated rings. The molecule has 0 bridgehead atoms. The van der Waals surface area contributed by atoms with Crippen molar-refractivity contribution in [2.24, 2.45) is 0 Å². The van der Waals surface area contributed by atoms with Crippen LogP contribution in [0.2, 0.25) is 0 Å². The molecule has 2 rings (SSSR count). The Labute approximate surface area is 96.4 Å². The molecule has 88 valence electrons. The van der Waals surface area contributed by atoms with Crippen LogP contribution in [0.15, 0.2) is 6.07 Å². The fraction of sp³-hybridized carbons (Fsp3) is 0.538. The molecule has 1 aromatic rings. The number of nitrogens with one attached hydrogen (secondary N) is 1. The lowest BCUT2D eigenvalue weighted by atomic mass is 9.96. The van der Waals surface area contributed by atoms with Crippen LogP contribution in [-0.2, 0) is 0 Å². The van der Waals surface area contributed by atoms with Crippen molar-refractivity contribution in [2.75, 3.05) is 13.7 Å². The molecule has 0 amide bonds. The molecule has 1 heterocycles. The predicted octanol–water partition coefficient (Wildman–Crippen LogP) is 2.44. The maximum Gasteiger partial charge on any atom is 0.163 e. The SMILES string of the molecule is COc1c(C)cc(C)c(C2CCCN2)c1O. The molecular weight excluding hydrogens is 202 g/mol.